The van der Waals surface area contributed by atoms with Crippen molar-refractivity contribution in [2.45, 2.75) is 13.0 Å². The molecule has 122 valence electrons. The van der Waals surface area contributed by atoms with E-state index in [1.807, 2.05) is 12.1 Å². The molecule has 2 aromatic rings. The molecular weight excluding hydrogens is 336 g/mol. The average molecular weight is 353 g/mol. The minimum atomic E-state index is -0.299. The molecule has 0 atom stereocenters. The van der Waals surface area contributed by atoms with Crippen LogP contribution in [0.4, 0.5) is 5.69 Å². The SMILES string of the molecule is CN1CCc2ccc(NC(=O)c3csc(CN)n3)cc2C1=O.Cl. The Morgan fingerprint density at radius 2 is 2.26 bits per heavy atom. The topological polar surface area (TPSA) is 88.3 Å². The van der Waals surface area contributed by atoms with Crippen LogP contribution >= 0.6 is 23.7 Å². The summed E-state index contributed by atoms with van der Waals surface area (Å²) < 4.78 is 0. The van der Waals surface area contributed by atoms with E-state index in [1.165, 1.54) is 11.3 Å². The molecule has 0 unspecified atom stereocenters. The van der Waals surface area contributed by atoms with E-state index in [9.17, 15) is 9.59 Å². The summed E-state index contributed by atoms with van der Waals surface area (Å²) in [5.74, 6) is -0.316. The molecule has 23 heavy (non-hydrogen) atoms. The van der Waals surface area contributed by atoms with E-state index in [0.29, 0.717) is 28.5 Å². The number of hydrogen-bond acceptors (Lipinski definition) is 5. The first-order chi connectivity index (χ1) is 10.6. The second-order valence-corrected chi connectivity index (χ2v) is 6.08. The summed E-state index contributed by atoms with van der Waals surface area (Å²) in [5.41, 5.74) is 8.09. The van der Waals surface area contributed by atoms with Crippen LogP contribution in [0.15, 0.2) is 23.6 Å². The number of carbonyl (C=O) groups is 2. The van der Waals surface area contributed by atoms with Gasteiger partial charge in [-0.05, 0) is 24.1 Å². The highest BCUT2D eigenvalue weighted by Gasteiger charge is 2.22. The largest absolute Gasteiger partial charge is 0.341 e. The third-order valence-electron chi connectivity index (χ3n) is 3.62. The molecule has 1 aliphatic heterocycles. The lowest BCUT2D eigenvalue weighted by molar-refractivity contribution is 0.0780. The molecule has 0 radical (unpaired) electrons. The molecule has 0 saturated carbocycles. The number of thiazole rings is 1. The van der Waals surface area contributed by atoms with Crippen LogP contribution in [0.1, 0.15) is 31.4 Å². The van der Waals surface area contributed by atoms with Crippen molar-refractivity contribution in [3.05, 3.63) is 45.4 Å². The Kier molecular flexibility index (Phi) is 5.35. The molecule has 0 bridgehead atoms. The van der Waals surface area contributed by atoms with E-state index in [4.69, 9.17) is 5.73 Å². The van der Waals surface area contributed by atoms with Crippen LogP contribution in [-0.4, -0.2) is 35.3 Å². The minimum Gasteiger partial charge on any atom is -0.341 e. The summed E-state index contributed by atoms with van der Waals surface area (Å²) >= 11 is 1.35. The van der Waals surface area contributed by atoms with Crippen LogP contribution in [0, 0.1) is 0 Å². The number of likely N-dealkylation sites (N-methyl/N-ethyl adjacent to an activating group) is 1. The first kappa shape index (κ1) is 17.4. The van der Waals surface area contributed by atoms with E-state index < -0.39 is 0 Å². The van der Waals surface area contributed by atoms with Gasteiger partial charge in [-0.1, -0.05) is 6.07 Å². The van der Waals surface area contributed by atoms with Crippen molar-refractivity contribution in [2.24, 2.45) is 5.73 Å². The molecular formula is C15H17ClN4O2S. The lowest BCUT2D eigenvalue weighted by Gasteiger charge is -2.25. The predicted octanol–water partition coefficient (Wildman–Crippen LogP) is 1.90. The third kappa shape index (κ3) is 3.52. The van der Waals surface area contributed by atoms with Crippen LogP contribution in [0.2, 0.25) is 0 Å². The van der Waals surface area contributed by atoms with Crippen molar-refractivity contribution in [1.29, 1.82) is 0 Å². The zero-order valence-corrected chi connectivity index (χ0v) is 14.2. The lowest BCUT2D eigenvalue weighted by atomic mass is 9.99. The molecule has 1 aliphatic rings. The quantitative estimate of drug-likeness (QED) is 0.883. The van der Waals surface area contributed by atoms with Crippen molar-refractivity contribution in [1.82, 2.24) is 9.88 Å². The number of amides is 2. The highest BCUT2D eigenvalue weighted by Crippen LogP contribution is 2.22. The highest BCUT2D eigenvalue weighted by molar-refractivity contribution is 7.09. The van der Waals surface area contributed by atoms with Crippen molar-refractivity contribution >= 4 is 41.2 Å². The van der Waals surface area contributed by atoms with Crippen LogP contribution in [-0.2, 0) is 13.0 Å². The average Bonchev–Trinajstić information content (AvgIpc) is 3.00. The minimum absolute atomic E-state index is 0. The number of aromatic nitrogens is 1. The van der Waals surface area contributed by atoms with Crippen molar-refractivity contribution in [2.75, 3.05) is 18.9 Å². The highest BCUT2D eigenvalue weighted by atomic mass is 35.5. The Bertz CT molecular complexity index is 747. The second-order valence-electron chi connectivity index (χ2n) is 5.13. The van der Waals surface area contributed by atoms with Gasteiger partial charge in [-0.25, -0.2) is 4.98 Å². The number of benzene rings is 1. The number of nitrogens with one attached hydrogen (secondary N) is 1. The number of anilines is 1. The van der Waals surface area contributed by atoms with E-state index in [-0.39, 0.29) is 24.2 Å². The number of nitrogens with zero attached hydrogens (tertiary/aromatic N) is 2. The third-order valence-corrected chi connectivity index (χ3v) is 4.49. The molecule has 6 nitrogen and oxygen atoms in total. The molecule has 0 spiro atoms. The standard InChI is InChI=1S/C15H16N4O2S.ClH/c1-19-5-4-9-2-3-10(6-11(9)15(19)21)17-14(20)12-8-22-13(7-16)18-12;/h2-3,6,8H,4-5,7,16H2,1H3,(H,17,20);1H. The van der Waals surface area contributed by atoms with Gasteiger partial charge in [0.15, 0.2) is 0 Å². The number of rotatable bonds is 3. The monoisotopic (exact) mass is 352 g/mol. The second kappa shape index (κ2) is 7.08. The smallest absolute Gasteiger partial charge is 0.275 e. The molecule has 3 rings (SSSR count). The normalized spacial score (nSPS) is 13.3. The Labute approximate surface area is 144 Å². The molecule has 8 heteroatoms. The van der Waals surface area contributed by atoms with Gasteiger partial charge in [0, 0.05) is 36.8 Å². The molecule has 1 aromatic carbocycles. The molecule has 3 N–H and O–H groups in total. The fourth-order valence-corrected chi connectivity index (χ4v) is 3.03. The zero-order chi connectivity index (χ0) is 15.7. The lowest BCUT2D eigenvalue weighted by Crippen LogP contribution is -2.34. The Morgan fingerprint density at radius 1 is 1.48 bits per heavy atom. The number of hydrogen-bond donors (Lipinski definition) is 2. The van der Waals surface area contributed by atoms with Gasteiger partial charge in [0.1, 0.15) is 10.7 Å². The van der Waals surface area contributed by atoms with Crippen molar-refractivity contribution < 1.29 is 9.59 Å². The maximum absolute atomic E-state index is 12.2. The van der Waals surface area contributed by atoms with Crippen LogP contribution in [0.25, 0.3) is 0 Å². The Morgan fingerprint density at radius 3 is 2.96 bits per heavy atom. The zero-order valence-electron chi connectivity index (χ0n) is 12.5. The van der Waals surface area contributed by atoms with E-state index >= 15 is 0 Å². The maximum Gasteiger partial charge on any atom is 0.275 e. The summed E-state index contributed by atoms with van der Waals surface area (Å²) in [6, 6.07) is 5.43. The van der Waals surface area contributed by atoms with Gasteiger partial charge in [-0.15, -0.1) is 23.7 Å². The summed E-state index contributed by atoms with van der Waals surface area (Å²) in [6.07, 6.45) is 0.831. The predicted molar refractivity (Wildman–Crippen MR) is 92.3 cm³/mol. The molecule has 2 amide bonds. The van der Waals surface area contributed by atoms with Crippen LogP contribution in [0.3, 0.4) is 0 Å². The van der Waals surface area contributed by atoms with Crippen molar-refractivity contribution in [3.8, 4) is 0 Å². The van der Waals surface area contributed by atoms with E-state index in [2.05, 4.69) is 10.3 Å². The van der Waals surface area contributed by atoms with E-state index in [1.54, 1.807) is 23.4 Å². The van der Waals surface area contributed by atoms with Crippen molar-refractivity contribution in [3.63, 3.8) is 0 Å². The summed E-state index contributed by atoms with van der Waals surface area (Å²) in [6.45, 7) is 1.04. The van der Waals surface area contributed by atoms with Gasteiger partial charge in [0.25, 0.3) is 11.8 Å². The van der Waals surface area contributed by atoms with Gasteiger partial charge in [0.2, 0.25) is 0 Å². The first-order valence-electron chi connectivity index (χ1n) is 6.92. The van der Waals surface area contributed by atoms with Gasteiger partial charge in [0.05, 0.1) is 0 Å². The van der Waals surface area contributed by atoms with Gasteiger partial charge in [-0.3, -0.25) is 9.59 Å². The summed E-state index contributed by atoms with van der Waals surface area (Å²) in [4.78, 5) is 30.1. The molecule has 0 saturated heterocycles. The maximum atomic E-state index is 12.2. The molecule has 0 aliphatic carbocycles. The fraction of sp³-hybridized carbons (Fsp3) is 0.267. The number of halogens is 1. The Hall–Kier alpha value is -1.96. The first-order valence-corrected chi connectivity index (χ1v) is 7.80. The molecule has 2 heterocycles. The van der Waals surface area contributed by atoms with E-state index in [0.717, 1.165) is 18.5 Å². The Balaban J connectivity index is 0.00000192. The molecule has 1 aromatic heterocycles. The van der Waals surface area contributed by atoms with Crippen LogP contribution in [0.5, 0.6) is 0 Å². The number of carbonyl (C=O) groups excluding carboxylic acids is 2. The summed E-state index contributed by atoms with van der Waals surface area (Å²) in [5, 5.41) is 5.17. The van der Waals surface area contributed by atoms with Gasteiger partial charge in [-0.2, -0.15) is 0 Å². The molecule has 0 fully saturated rings. The fourth-order valence-electron chi connectivity index (χ4n) is 2.37. The number of fused-ring (bicyclic) bond motifs is 1. The van der Waals surface area contributed by atoms with Crippen LogP contribution < -0.4 is 11.1 Å². The van der Waals surface area contributed by atoms with Gasteiger partial charge >= 0.3 is 0 Å². The number of nitrogens with two attached hydrogens (primary N) is 1. The summed E-state index contributed by atoms with van der Waals surface area (Å²) in [7, 11) is 1.78. The van der Waals surface area contributed by atoms with Gasteiger partial charge < -0.3 is 16.0 Å².